The number of anilines is 1. The molecule has 0 aliphatic carbocycles. The third kappa shape index (κ3) is 3.46. The Kier molecular flexibility index (Phi) is 4.42. The second-order valence-electron chi connectivity index (χ2n) is 5.96. The summed E-state index contributed by atoms with van der Waals surface area (Å²) in [6.07, 6.45) is 1.58. The van der Waals surface area contributed by atoms with Crippen molar-refractivity contribution in [1.82, 2.24) is 9.38 Å². The molecule has 0 radical (unpaired) electrons. The molecular weight excluding hydrogens is 346 g/mol. The van der Waals surface area contributed by atoms with Crippen molar-refractivity contribution >= 4 is 22.9 Å². The highest BCUT2D eigenvalue weighted by Gasteiger charge is 2.04. The first kappa shape index (κ1) is 16.4. The van der Waals surface area contributed by atoms with E-state index in [4.69, 9.17) is 11.6 Å². The van der Waals surface area contributed by atoms with Crippen molar-refractivity contribution in [3.05, 3.63) is 100 Å². The molecule has 1 N–H and O–H groups in total. The Hall–Kier alpha value is -3.11. The summed E-state index contributed by atoms with van der Waals surface area (Å²) in [5.41, 5.74) is 4.44. The molecule has 4 aromatic rings. The molecule has 0 aliphatic heterocycles. The maximum Gasteiger partial charge on any atom is 0.258 e. The van der Waals surface area contributed by atoms with Crippen LogP contribution < -0.4 is 10.9 Å². The van der Waals surface area contributed by atoms with Crippen molar-refractivity contribution in [1.29, 1.82) is 0 Å². The lowest BCUT2D eigenvalue weighted by atomic mass is 10.1. The van der Waals surface area contributed by atoms with E-state index in [0.29, 0.717) is 22.9 Å². The minimum absolute atomic E-state index is 0.145. The van der Waals surface area contributed by atoms with E-state index in [1.165, 1.54) is 16.0 Å². The monoisotopic (exact) mass is 361 g/mol. The molecule has 4 rings (SSSR count). The van der Waals surface area contributed by atoms with Crippen LogP contribution in [0.1, 0.15) is 5.69 Å². The summed E-state index contributed by atoms with van der Waals surface area (Å²) in [6, 6.07) is 23.4. The zero-order valence-electron chi connectivity index (χ0n) is 13.9. The number of nitrogens with zero attached hydrogens (tertiary/aromatic N) is 2. The molecule has 0 aliphatic rings. The van der Waals surface area contributed by atoms with Crippen LogP contribution in [-0.4, -0.2) is 9.38 Å². The highest BCUT2D eigenvalue weighted by Crippen LogP contribution is 2.21. The summed E-state index contributed by atoms with van der Waals surface area (Å²) in [5.74, 6) is 0. The lowest BCUT2D eigenvalue weighted by Crippen LogP contribution is -2.16. The average molecular weight is 362 g/mol. The van der Waals surface area contributed by atoms with Crippen LogP contribution in [0.2, 0.25) is 5.02 Å². The van der Waals surface area contributed by atoms with Gasteiger partial charge in [0.2, 0.25) is 0 Å². The molecule has 0 atom stereocenters. The summed E-state index contributed by atoms with van der Waals surface area (Å²) in [4.78, 5) is 16.7. The number of benzene rings is 2. The van der Waals surface area contributed by atoms with Crippen LogP contribution in [-0.2, 0) is 6.54 Å². The maximum absolute atomic E-state index is 12.2. The van der Waals surface area contributed by atoms with Gasteiger partial charge in [0.05, 0.1) is 17.3 Å². The van der Waals surface area contributed by atoms with Gasteiger partial charge in [-0.25, -0.2) is 4.98 Å². The fraction of sp³-hybridized carbons (Fsp3) is 0.0476. The number of pyridine rings is 1. The van der Waals surface area contributed by atoms with Gasteiger partial charge in [0.15, 0.2) is 0 Å². The number of nitrogens with one attached hydrogen (secondary N) is 1. The summed E-state index contributed by atoms with van der Waals surface area (Å²) >= 11 is 5.93. The second-order valence-corrected chi connectivity index (χ2v) is 6.39. The smallest absolute Gasteiger partial charge is 0.258 e. The summed E-state index contributed by atoms with van der Waals surface area (Å²) in [7, 11) is 0. The molecule has 0 bridgehead atoms. The van der Waals surface area contributed by atoms with Crippen molar-refractivity contribution < 1.29 is 0 Å². The summed E-state index contributed by atoms with van der Waals surface area (Å²) < 4.78 is 1.44. The van der Waals surface area contributed by atoms with E-state index in [1.54, 1.807) is 18.3 Å². The molecule has 0 amide bonds. The largest absolute Gasteiger partial charge is 0.379 e. The molecule has 0 fully saturated rings. The lowest BCUT2D eigenvalue weighted by Gasteiger charge is -2.08. The van der Waals surface area contributed by atoms with E-state index < -0.39 is 0 Å². The molecule has 0 spiro atoms. The van der Waals surface area contributed by atoms with Crippen molar-refractivity contribution in [2.75, 3.05) is 5.32 Å². The minimum Gasteiger partial charge on any atom is -0.379 e. The van der Waals surface area contributed by atoms with Crippen LogP contribution in [0, 0.1) is 0 Å². The molecule has 4 nitrogen and oxygen atoms in total. The topological polar surface area (TPSA) is 46.4 Å². The predicted molar refractivity (Wildman–Crippen MR) is 106 cm³/mol. The van der Waals surface area contributed by atoms with Crippen LogP contribution in [0.25, 0.3) is 16.8 Å². The molecule has 0 saturated heterocycles. The first-order valence-corrected chi connectivity index (χ1v) is 8.64. The number of hydrogen-bond donors (Lipinski definition) is 1. The Balaban J connectivity index is 1.51. The van der Waals surface area contributed by atoms with Gasteiger partial charge in [-0.1, -0.05) is 54.1 Å². The summed E-state index contributed by atoms with van der Waals surface area (Å²) in [6.45, 7) is 0.471. The molecule has 2 aromatic carbocycles. The number of hydrogen-bond acceptors (Lipinski definition) is 3. The molecule has 0 unspecified atom stereocenters. The van der Waals surface area contributed by atoms with Crippen molar-refractivity contribution in [2.45, 2.75) is 6.54 Å². The van der Waals surface area contributed by atoms with E-state index in [0.717, 1.165) is 11.3 Å². The molecular formula is C21H16ClN3O. The maximum atomic E-state index is 12.2. The summed E-state index contributed by atoms with van der Waals surface area (Å²) in [5, 5.41) is 3.81. The molecule has 5 heteroatoms. The Labute approximate surface area is 155 Å². The molecule has 0 saturated carbocycles. The zero-order valence-corrected chi connectivity index (χ0v) is 14.6. The van der Waals surface area contributed by atoms with Crippen LogP contribution in [0.15, 0.2) is 83.8 Å². The first-order chi connectivity index (χ1) is 12.7. The van der Waals surface area contributed by atoms with E-state index in [-0.39, 0.29) is 5.56 Å². The quantitative estimate of drug-likeness (QED) is 0.576. The minimum atomic E-state index is -0.145. The van der Waals surface area contributed by atoms with Crippen molar-refractivity contribution in [3.63, 3.8) is 0 Å². The third-order valence-electron chi connectivity index (χ3n) is 4.14. The normalized spacial score (nSPS) is 10.8. The molecule has 2 aromatic heterocycles. The van der Waals surface area contributed by atoms with E-state index in [1.807, 2.05) is 30.3 Å². The average Bonchev–Trinajstić information content (AvgIpc) is 2.68. The van der Waals surface area contributed by atoms with Crippen LogP contribution in [0.3, 0.4) is 0 Å². The SMILES string of the molecule is O=c1cc(CNc2ccc(-c3ccccc3)cc2)nc2ccc(Cl)cn12. The van der Waals surface area contributed by atoms with Crippen LogP contribution in [0.5, 0.6) is 0 Å². The van der Waals surface area contributed by atoms with Crippen LogP contribution in [0.4, 0.5) is 5.69 Å². The Bertz CT molecular complexity index is 1110. The van der Waals surface area contributed by atoms with Gasteiger partial charge in [0.1, 0.15) is 5.65 Å². The van der Waals surface area contributed by atoms with Crippen LogP contribution >= 0.6 is 11.6 Å². The zero-order chi connectivity index (χ0) is 17.9. The standard InChI is InChI=1S/C21H16ClN3O/c22-17-8-11-20-24-19(12-21(26)25(20)14-17)13-23-18-9-6-16(7-10-18)15-4-2-1-3-5-15/h1-12,14,23H,13H2. The van der Waals surface area contributed by atoms with Gasteiger partial charge in [0.25, 0.3) is 5.56 Å². The third-order valence-corrected chi connectivity index (χ3v) is 4.37. The fourth-order valence-corrected chi connectivity index (χ4v) is 2.98. The van der Waals surface area contributed by atoms with E-state index in [2.05, 4.69) is 34.6 Å². The van der Waals surface area contributed by atoms with E-state index >= 15 is 0 Å². The van der Waals surface area contributed by atoms with Gasteiger partial charge in [-0.2, -0.15) is 0 Å². The Morgan fingerprint density at radius 3 is 2.42 bits per heavy atom. The van der Waals surface area contributed by atoms with E-state index in [9.17, 15) is 4.79 Å². The van der Waals surface area contributed by atoms with Gasteiger partial charge in [-0.3, -0.25) is 9.20 Å². The molecule has 2 heterocycles. The first-order valence-electron chi connectivity index (χ1n) is 8.26. The molecule has 26 heavy (non-hydrogen) atoms. The fourth-order valence-electron chi connectivity index (χ4n) is 2.82. The van der Waals surface area contributed by atoms with Gasteiger partial charge in [0, 0.05) is 18.0 Å². The van der Waals surface area contributed by atoms with Gasteiger partial charge >= 0.3 is 0 Å². The highest BCUT2D eigenvalue weighted by atomic mass is 35.5. The van der Waals surface area contributed by atoms with Gasteiger partial charge < -0.3 is 5.32 Å². The Morgan fingerprint density at radius 1 is 0.923 bits per heavy atom. The number of fused-ring (bicyclic) bond motifs is 1. The van der Waals surface area contributed by atoms with Gasteiger partial charge in [-0.05, 0) is 35.4 Å². The van der Waals surface area contributed by atoms with Crippen molar-refractivity contribution in [2.24, 2.45) is 0 Å². The lowest BCUT2D eigenvalue weighted by molar-refractivity contribution is 0.971. The number of halogens is 1. The number of rotatable bonds is 4. The Morgan fingerprint density at radius 2 is 1.65 bits per heavy atom. The predicted octanol–water partition coefficient (Wildman–Crippen LogP) is 4.63. The number of aromatic nitrogens is 2. The highest BCUT2D eigenvalue weighted by molar-refractivity contribution is 6.30. The van der Waals surface area contributed by atoms with Gasteiger partial charge in [-0.15, -0.1) is 0 Å². The second kappa shape index (κ2) is 7.02. The molecule has 128 valence electrons. The van der Waals surface area contributed by atoms with Crippen molar-refractivity contribution in [3.8, 4) is 11.1 Å².